The van der Waals surface area contributed by atoms with Gasteiger partial charge in [0.25, 0.3) is 0 Å². The van der Waals surface area contributed by atoms with E-state index in [1.807, 2.05) is 6.20 Å². The van der Waals surface area contributed by atoms with E-state index >= 15 is 0 Å². The van der Waals surface area contributed by atoms with E-state index in [9.17, 15) is 0 Å². The molecule has 2 nitrogen and oxygen atoms in total. The maximum Gasteiger partial charge on any atom is 0.131 e. The van der Waals surface area contributed by atoms with Crippen molar-refractivity contribution < 1.29 is 0 Å². The van der Waals surface area contributed by atoms with Gasteiger partial charge in [-0.25, -0.2) is 4.98 Å². The van der Waals surface area contributed by atoms with E-state index < -0.39 is 0 Å². The van der Waals surface area contributed by atoms with Gasteiger partial charge in [0.05, 0.1) is 0 Å². The first-order valence-corrected chi connectivity index (χ1v) is 7.30. The highest BCUT2D eigenvalue weighted by Gasteiger charge is 2.25. The Labute approximate surface area is 114 Å². The zero-order valence-electron chi connectivity index (χ0n) is 9.58. The molecule has 1 fully saturated rings. The standard InChI is InChI=1S/C12H16Br2N2/c1-8-5-10(13)6-15-12(8)16-4-3-11(14)9(2)7-16/h5-6,9,11H,3-4,7H2,1-2H3. The predicted molar refractivity (Wildman–Crippen MR) is 75.4 cm³/mol. The Morgan fingerprint density at radius 2 is 2.25 bits per heavy atom. The highest BCUT2D eigenvalue weighted by Crippen LogP contribution is 2.28. The van der Waals surface area contributed by atoms with Crippen LogP contribution >= 0.6 is 31.9 Å². The van der Waals surface area contributed by atoms with Crippen molar-refractivity contribution in [1.29, 1.82) is 0 Å². The van der Waals surface area contributed by atoms with Crippen molar-refractivity contribution >= 4 is 37.7 Å². The van der Waals surface area contributed by atoms with Crippen molar-refractivity contribution in [2.45, 2.75) is 25.1 Å². The summed E-state index contributed by atoms with van der Waals surface area (Å²) < 4.78 is 1.05. The van der Waals surface area contributed by atoms with Gasteiger partial charge in [-0.3, -0.25) is 0 Å². The topological polar surface area (TPSA) is 16.1 Å². The molecule has 2 unspecified atom stereocenters. The number of alkyl halides is 1. The molecule has 0 aromatic carbocycles. The number of pyridine rings is 1. The van der Waals surface area contributed by atoms with Crippen LogP contribution in [-0.4, -0.2) is 22.9 Å². The first-order chi connectivity index (χ1) is 7.58. The number of rotatable bonds is 1. The van der Waals surface area contributed by atoms with Crippen LogP contribution in [0.15, 0.2) is 16.7 Å². The van der Waals surface area contributed by atoms with Gasteiger partial charge in [0.1, 0.15) is 5.82 Å². The maximum absolute atomic E-state index is 4.52. The molecule has 0 saturated carbocycles. The number of nitrogens with zero attached hydrogens (tertiary/aromatic N) is 2. The van der Waals surface area contributed by atoms with Crippen LogP contribution in [0.4, 0.5) is 5.82 Å². The number of piperidine rings is 1. The van der Waals surface area contributed by atoms with E-state index in [1.54, 1.807) is 0 Å². The van der Waals surface area contributed by atoms with Gasteiger partial charge < -0.3 is 4.90 Å². The first kappa shape index (κ1) is 12.4. The second-order valence-electron chi connectivity index (χ2n) is 4.52. The highest BCUT2D eigenvalue weighted by molar-refractivity contribution is 9.10. The molecule has 2 atom stereocenters. The SMILES string of the molecule is Cc1cc(Br)cnc1N1CCC(Br)C(C)C1. The lowest BCUT2D eigenvalue weighted by atomic mass is 10.00. The summed E-state index contributed by atoms with van der Waals surface area (Å²) in [5.41, 5.74) is 1.24. The lowest BCUT2D eigenvalue weighted by Crippen LogP contribution is -2.40. The molecular formula is C12H16Br2N2. The Morgan fingerprint density at radius 1 is 1.50 bits per heavy atom. The van der Waals surface area contributed by atoms with E-state index in [1.165, 1.54) is 12.0 Å². The molecule has 1 aliphatic rings. The number of hydrogen-bond acceptors (Lipinski definition) is 2. The summed E-state index contributed by atoms with van der Waals surface area (Å²) in [4.78, 5) is 7.57. The second kappa shape index (κ2) is 5.05. The summed E-state index contributed by atoms with van der Waals surface area (Å²) in [6, 6.07) is 2.13. The van der Waals surface area contributed by atoms with Crippen LogP contribution in [0.25, 0.3) is 0 Å². The normalized spacial score (nSPS) is 25.9. The van der Waals surface area contributed by atoms with Crippen LogP contribution in [0.5, 0.6) is 0 Å². The molecule has 0 aliphatic carbocycles. The number of anilines is 1. The second-order valence-corrected chi connectivity index (χ2v) is 6.61. The van der Waals surface area contributed by atoms with E-state index in [2.05, 4.69) is 61.7 Å². The third kappa shape index (κ3) is 2.59. The van der Waals surface area contributed by atoms with E-state index in [0.29, 0.717) is 10.7 Å². The Bertz CT molecular complexity index is 381. The third-order valence-electron chi connectivity index (χ3n) is 3.12. The van der Waals surface area contributed by atoms with Gasteiger partial charge in [-0.1, -0.05) is 22.9 Å². The molecule has 0 radical (unpaired) electrons. The molecule has 0 spiro atoms. The molecule has 88 valence electrons. The predicted octanol–water partition coefficient (Wildman–Crippen LogP) is 3.76. The van der Waals surface area contributed by atoms with E-state index in [0.717, 1.165) is 23.4 Å². The van der Waals surface area contributed by atoms with Crippen molar-refractivity contribution in [2.75, 3.05) is 18.0 Å². The molecule has 1 aromatic heterocycles. The highest BCUT2D eigenvalue weighted by atomic mass is 79.9. The van der Waals surface area contributed by atoms with E-state index in [-0.39, 0.29) is 0 Å². The minimum Gasteiger partial charge on any atom is -0.356 e. The third-order valence-corrected chi connectivity index (χ3v) is 4.91. The van der Waals surface area contributed by atoms with Crippen LogP contribution in [0.3, 0.4) is 0 Å². The summed E-state index contributed by atoms with van der Waals surface area (Å²) in [6.07, 6.45) is 3.07. The monoisotopic (exact) mass is 346 g/mol. The van der Waals surface area contributed by atoms with Gasteiger partial charge in [0, 0.05) is 28.6 Å². The van der Waals surface area contributed by atoms with Crippen molar-refractivity contribution in [3.63, 3.8) is 0 Å². The Kier molecular flexibility index (Phi) is 3.90. The first-order valence-electron chi connectivity index (χ1n) is 5.59. The Hall–Kier alpha value is -0.0900. The van der Waals surface area contributed by atoms with E-state index in [4.69, 9.17) is 0 Å². The largest absolute Gasteiger partial charge is 0.356 e. The minimum absolute atomic E-state index is 0.652. The van der Waals surface area contributed by atoms with Gasteiger partial charge in [-0.05, 0) is 46.8 Å². The molecule has 2 heterocycles. The van der Waals surface area contributed by atoms with Crippen LogP contribution in [-0.2, 0) is 0 Å². The smallest absolute Gasteiger partial charge is 0.131 e. The quantitative estimate of drug-likeness (QED) is 0.719. The summed E-state index contributed by atoms with van der Waals surface area (Å²) >= 11 is 7.18. The molecule has 0 bridgehead atoms. The molecule has 1 saturated heterocycles. The van der Waals surface area contributed by atoms with Gasteiger partial charge in [0.2, 0.25) is 0 Å². The average Bonchev–Trinajstić information content (AvgIpc) is 2.22. The molecule has 4 heteroatoms. The fraction of sp³-hybridized carbons (Fsp3) is 0.583. The summed E-state index contributed by atoms with van der Waals surface area (Å²) in [6.45, 7) is 6.60. The fourth-order valence-corrected chi connectivity index (χ4v) is 2.99. The summed E-state index contributed by atoms with van der Waals surface area (Å²) in [7, 11) is 0. The molecule has 0 N–H and O–H groups in total. The lowest BCUT2D eigenvalue weighted by molar-refractivity contribution is 0.463. The van der Waals surface area contributed by atoms with Crippen molar-refractivity contribution in [3.8, 4) is 0 Å². The number of halogens is 2. The van der Waals surface area contributed by atoms with Crippen LogP contribution in [0, 0.1) is 12.8 Å². The van der Waals surface area contributed by atoms with Crippen LogP contribution in [0.2, 0.25) is 0 Å². The maximum atomic E-state index is 4.52. The summed E-state index contributed by atoms with van der Waals surface area (Å²) in [5, 5.41) is 0. The zero-order chi connectivity index (χ0) is 11.7. The molecule has 1 aromatic rings. The molecule has 1 aliphatic heterocycles. The Morgan fingerprint density at radius 3 is 2.88 bits per heavy atom. The fourth-order valence-electron chi connectivity index (χ4n) is 2.17. The summed E-state index contributed by atoms with van der Waals surface area (Å²) in [5.74, 6) is 1.81. The Balaban J connectivity index is 2.18. The minimum atomic E-state index is 0.652. The molecule has 0 amide bonds. The average molecular weight is 348 g/mol. The zero-order valence-corrected chi connectivity index (χ0v) is 12.8. The number of hydrogen-bond donors (Lipinski definition) is 0. The molecule has 2 rings (SSSR count). The van der Waals surface area contributed by atoms with Crippen molar-refractivity contribution in [2.24, 2.45) is 5.92 Å². The van der Waals surface area contributed by atoms with Gasteiger partial charge in [-0.15, -0.1) is 0 Å². The lowest BCUT2D eigenvalue weighted by Gasteiger charge is -2.35. The van der Waals surface area contributed by atoms with Crippen LogP contribution in [0.1, 0.15) is 18.9 Å². The molecular weight excluding hydrogens is 332 g/mol. The number of aromatic nitrogens is 1. The van der Waals surface area contributed by atoms with Crippen molar-refractivity contribution in [1.82, 2.24) is 4.98 Å². The van der Waals surface area contributed by atoms with Crippen molar-refractivity contribution in [3.05, 3.63) is 22.3 Å². The number of aryl methyl sites for hydroxylation is 1. The van der Waals surface area contributed by atoms with Gasteiger partial charge in [-0.2, -0.15) is 0 Å². The van der Waals surface area contributed by atoms with Gasteiger partial charge in [0.15, 0.2) is 0 Å². The van der Waals surface area contributed by atoms with Crippen LogP contribution < -0.4 is 4.90 Å². The molecule has 16 heavy (non-hydrogen) atoms. The van der Waals surface area contributed by atoms with Gasteiger partial charge >= 0.3 is 0 Å².